The SMILES string of the molecule is CC(O)CCN[C@@H]1CC[C@@](C(=O)N2CCc3ncc(C(F)(F)F)cc3C2)(C(C)C)C1. The number of hydrogen-bond donors (Lipinski definition) is 2. The number of aliphatic hydroxyl groups excluding tert-OH is 1. The van der Waals surface area contributed by atoms with Crippen molar-refractivity contribution in [1.29, 1.82) is 0 Å². The fraction of sp³-hybridized carbons (Fsp3) is 0.727. The molecule has 1 aliphatic carbocycles. The highest BCUT2D eigenvalue weighted by atomic mass is 19.4. The van der Waals surface area contributed by atoms with Gasteiger partial charge in [-0.25, -0.2) is 0 Å². The van der Waals surface area contributed by atoms with E-state index < -0.39 is 17.2 Å². The van der Waals surface area contributed by atoms with Gasteiger partial charge in [0.2, 0.25) is 5.91 Å². The normalized spacial score (nSPS) is 25.5. The number of fused-ring (bicyclic) bond motifs is 1. The summed E-state index contributed by atoms with van der Waals surface area (Å²) >= 11 is 0. The van der Waals surface area contributed by atoms with Crippen LogP contribution < -0.4 is 5.32 Å². The fourth-order valence-electron chi connectivity index (χ4n) is 4.78. The first-order valence-corrected chi connectivity index (χ1v) is 10.8. The molecule has 0 saturated heterocycles. The van der Waals surface area contributed by atoms with E-state index in [0.29, 0.717) is 43.6 Å². The minimum atomic E-state index is -4.44. The van der Waals surface area contributed by atoms with Gasteiger partial charge in [-0.1, -0.05) is 13.8 Å². The zero-order valence-electron chi connectivity index (χ0n) is 17.9. The number of nitrogens with one attached hydrogen (secondary N) is 1. The average molecular weight is 428 g/mol. The quantitative estimate of drug-likeness (QED) is 0.729. The third kappa shape index (κ3) is 4.80. The molecule has 1 unspecified atom stereocenters. The van der Waals surface area contributed by atoms with Crippen molar-refractivity contribution in [2.75, 3.05) is 13.1 Å². The van der Waals surface area contributed by atoms with Gasteiger partial charge in [0.25, 0.3) is 0 Å². The molecule has 1 amide bonds. The number of nitrogens with zero attached hydrogens (tertiary/aromatic N) is 2. The van der Waals surface area contributed by atoms with Gasteiger partial charge in [0.1, 0.15) is 0 Å². The molecule has 8 heteroatoms. The van der Waals surface area contributed by atoms with Crippen LogP contribution >= 0.6 is 0 Å². The number of alkyl halides is 3. The molecule has 30 heavy (non-hydrogen) atoms. The van der Waals surface area contributed by atoms with E-state index in [0.717, 1.165) is 25.1 Å². The lowest BCUT2D eigenvalue weighted by atomic mass is 9.74. The summed E-state index contributed by atoms with van der Waals surface area (Å²) in [6.07, 6.45) is -0.420. The number of aromatic nitrogens is 1. The second-order valence-corrected chi connectivity index (χ2v) is 9.15. The molecule has 0 spiro atoms. The molecule has 0 radical (unpaired) electrons. The topological polar surface area (TPSA) is 65.5 Å². The molecule has 2 aliphatic rings. The Bertz CT molecular complexity index is 766. The van der Waals surface area contributed by atoms with Crippen LogP contribution in [0, 0.1) is 11.3 Å². The summed E-state index contributed by atoms with van der Waals surface area (Å²) in [5.74, 6) is 0.176. The molecule has 2 N–H and O–H groups in total. The summed E-state index contributed by atoms with van der Waals surface area (Å²) in [5, 5.41) is 12.9. The molecule has 0 bridgehead atoms. The average Bonchev–Trinajstić information content (AvgIpc) is 3.11. The summed E-state index contributed by atoms with van der Waals surface area (Å²) in [4.78, 5) is 19.3. The van der Waals surface area contributed by atoms with Crippen LogP contribution in [0.1, 0.15) is 63.3 Å². The largest absolute Gasteiger partial charge is 0.417 e. The zero-order valence-corrected chi connectivity index (χ0v) is 17.9. The first-order valence-electron chi connectivity index (χ1n) is 10.8. The van der Waals surface area contributed by atoms with Crippen molar-refractivity contribution in [3.8, 4) is 0 Å². The maximum Gasteiger partial charge on any atom is 0.417 e. The predicted molar refractivity (Wildman–Crippen MR) is 108 cm³/mol. The van der Waals surface area contributed by atoms with Gasteiger partial charge in [-0.15, -0.1) is 0 Å². The zero-order chi connectivity index (χ0) is 22.1. The van der Waals surface area contributed by atoms with E-state index in [1.807, 2.05) is 0 Å². The number of carbonyl (C=O) groups excluding carboxylic acids is 1. The van der Waals surface area contributed by atoms with E-state index in [1.165, 1.54) is 0 Å². The molecule has 3 rings (SSSR count). The molecule has 1 aromatic heterocycles. The predicted octanol–water partition coefficient (Wildman–Crippen LogP) is 3.54. The third-order valence-corrected chi connectivity index (χ3v) is 6.73. The van der Waals surface area contributed by atoms with Gasteiger partial charge in [0.15, 0.2) is 0 Å². The number of hydrogen-bond acceptors (Lipinski definition) is 4. The Morgan fingerprint density at radius 3 is 2.77 bits per heavy atom. The van der Waals surface area contributed by atoms with Crippen molar-refractivity contribution in [3.63, 3.8) is 0 Å². The number of carbonyl (C=O) groups is 1. The monoisotopic (exact) mass is 427 g/mol. The van der Waals surface area contributed by atoms with Gasteiger partial charge in [-0.2, -0.15) is 13.2 Å². The lowest BCUT2D eigenvalue weighted by Crippen LogP contribution is -2.48. The minimum absolute atomic E-state index is 0.0420. The smallest absolute Gasteiger partial charge is 0.393 e. The maximum absolute atomic E-state index is 13.6. The molecular weight excluding hydrogens is 395 g/mol. The van der Waals surface area contributed by atoms with E-state index >= 15 is 0 Å². The summed E-state index contributed by atoms with van der Waals surface area (Å²) in [6.45, 7) is 7.23. The van der Waals surface area contributed by atoms with Crippen LogP contribution in [0.15, 0.2) is 12.3 Å². The third-order valence-electron chi connectivity index (χ3n) is 6.73. The molecule has 0 aromatic carbocycles. The van der Waals surface area contributed by atoms with Crippen LogP contribution in [0.2, 0.25) is 0 Å². The van der Waals surface area contributed by atoms with Gasteiger partial charge < -0.3 is 15.3 Å². The molecule has 168 valence electrons. The lowest BCUT2D eigenvalue weighted by molar-refractivity contribution is -0.145. The maximum atomic E-state index is 13.6. The van der Waals surface area contributed by atoms with Crippen LogP contribution in [0.4, 0.5) is 13.2 Å². The highest BCUT2D eigenvalue weighted by molar-refractivity contribution is 5.83. The number of aliphatic hydroxyl groups is 1. The molecule has 1 aromatic rings. The Kier molecular flexibility index (Phi) is 6.77. The molecule has 1 saturated carbocycles. The fourth-order valence-corrected chi connectivity index (χ4v) is 4.78. The van der Waals surface area contributed by atoms with Gasteiger partial charge in [-0.05, 0) is 56.7 Å². The van der Waals surface area contributed by atoms with Crippen molar-refractivity contribution in [3.05, 3.63) is 29.1 Å². The van der Waals surface area contributed by atoms with Crippen LogP contribution in [-0.2, 0) is 23.9 Å². The van der Waals surface area contributed by atoms with Gasteiger partial charge in [0.05, 0.1) is 17.1 Å². The van der Waals surface area contributed by atoms with E-state index in [4.69, 9.17) is 0 Å². The molecule has 2 heterocycles. The lowest BCUT2D eigenvalue weighted by Gasteiger charge is -2.39. The van der Waals surface area contributed by atoms with Crippen LogP contribution in [0.3, 0.4) is 0 Å². The first kappa shape index (κ1) is 23.0. The van der Waals surface area contributed by atoms with Crippen molar-refractivity contribution >= 4 is 5.91 Å². The Labute approximate surface area is 176 Å². The Balaban J connectivity index is 1.73. The van der Waals surface area contributed by atoms with Crippen LogP contribution in [-0.4, -0.2) is 46.1 Å². The van der Waals surface area contributed by atoms with Crippen LogP contribution in [0.5, 0.6) is 0 Å². The van der Waals surface area contributed by atoms with Gasteiger partial charge in [0, 0.05) is 37.4 Å². The summed E-state index contributed by atoms with van der Waals surface area (Å²) in [5.41, 5.74) is -0.130. The van der Waals surface area contributed by atoms with Crippen molar-refractivity contribution in [1.82, 2.24) is 15.2 Å². The van der Waals surface area contributed by atoms with Crippen molar-refractivity contribution in [2.24, 2.45) is 11.3 Å². The Morgan fingerprint density at radius 1 is 1.40 bits per heavy atom. The van der Waals surface area contributed by atoms with E-state index in [9.17, 15) is 23.1 Å². The number of halogens is 3. The number of pyridine rings is 1. The number of amides is 1. The van der Waals surface area contributed by atoms with E-state index in [-0.39, 0.29) is 30.5 Å². The highest BCUT2D eigenvalue weighted by Crippen LogP contribution is 2.46. The highest BCUT2D eigenvalue weighted by Gasteiger charge is 2.49. The second-order valence-electron chi connectivity index (χ2n) is 9.15. The van der Waals surface area contributed by atoms with Crippen molar-refractivity contribution in [2.45, 2.75) is 77.7 Å². The van der Waals surface area contributed by atoms with E-state index in [1.54, 1.807) is 11.8 Å². The van der Waals surface area contributed by atoms with Crippen LogP contribution in [0.25, 0.3) is 0 Å². The minimum Gasteiger partial charge on any atom is -0.393 e. The standard InChI is InChI=1S/C22H32F3N3O2/c1-14(2)21(7-4-18(11-21)26-8-5-15(3)29)20(30)28-9-6-19-16(13-28)10-17(12-27-19)22(23,24)25/h10,12,14-15,18,26,29H,4-9,11,13H2,1-3H3/t15?,18-,21+/m1/s1. The molecule has 1 fully saturated rings. The summed E-state index contributed by atoms with van der Waals surface area (Å²) in [6, 6.07) is 1.35. The second kappa shape index (κ2) is 8.83. The van der Waals surface area contributed by atoms with Crippen molar-refractivity contribution < 1.29 is 23.1 Å². The molecule has 3 atom stereocenters. The van der Waals surface area contributed by atoms with E-state index in [2.05, 4.69) is 24.1 Å². The molecule has 1 aliphatic heterocycles. The molecular formula is C22H32F3N3O2. The number of rotatable bonds is 6. The Hall–Kier alpha value is -1.67. The summed E-state index contributed by atoms with van der Waals surface area (Å²) < 4.78 is 39.2. The Morgan fingerprint density at radius 2 is 2.13 bits per heavy atom. The van der Waals surface area contributed by atoms with Gasteiger partial charge in [-0.3, -0.25) is 9.78 Å². The summed E-state index contributed by atoms with van der Waals surface area (Å²) in [7, 11) is 0. The molecule has 5 nitrogen and oxygen atoms in total. The first-order chi connectivity index (χ1) is 14.0. The van der Waals surface area contributed by atoms with Gasteiger partial charge >= 0.3 is 6.18 Å².